The molecule has 0 saturated carbocycles. The van der Waals surface area contributed by atoms with Crippen molar-refractivity contribution in [3.05, 3.63) is 34.9 Å². The lowest BCUT2D eigenvalue weighted by atomic mass is 10.1. The van der Waals surface area contributed by atoms with Crippen molar-refractivity contribution in [2.75, 3.05) is 6.61 Å². The summed E-state index contributed by atoms with van der Waals surface area (Å²) in [6, 6.07) is 2.66. The third-order valence-electron chi connectivity index (χ3n) is 2.21. The van der Waals surface area contributed by atoms with Crippen LogP contribution in [0.4, 0.5) is 8.78 Å². The highest BCUT2D eigenvalue weighted by Crippen LogP contribution is 2.17. The molecular formula is C13H16F2O2. The number of hydrogen-bond donors (Lipinski definition) is 0. The normalized spacial score (nSPS) is 11.6. The minimum Gasteiger partial charge on any atom is -0.368 e. The van der Waals surface area contributed by atoms with Crippen molar-refractivity contribution in [1.29, 1.82) is 0 Å². The number of ether oxygens (including phenoxy) is 1. The van der Waals surface area contributed by atoms with Gasteiger partial charge in [-0.3, -0.25) is 4.79 Å². The first kappa shape index (κ1) is 13.8. The summed E-state index contributed by atoms with van der Waals surface area (Å²) in [6.07, 6.45) is 0. The Morgan fingerprint density at radius 2 is 1.82 bits per heavy atom. The lowest BCUT2D eigenvalue weighted by Crippen LogP contribution is -2.24. The summed E-state index contributed by atoms with van der Waals surface area (Å²) in [5, 5.41) is 0. The van der Waals surface area contributed by atoms with Gasteiger partial charge in [0.2, 0.25) is 0 Å². The van der Waals surface area contributed by atoms with Crippen molar-refractivity contribution in [2.45, 2.75) is 33.3 Å². The second-order valence-corrected chi connectivity index (χ2v) is 4.88. The standard InChI is InChI=1S/C13H16F2O2/c1-8-5-6-9(12(15)11(8)14)10(16)7-17-13(2,3)4/h5-6H,7H2,1-4H3. The summed E-state index contributed by atoms with van der Waals surface area (Å²) in [5.41, 5.74) is -0.580. The summed E-state index contributed by atoms with van der Waals surface area (Å²) < 4.78 is 32.0. The van der Waals surface area contributed by atoms with E-state index >= 15 is 0 Å². The van der Waals surface area contributed by atoms with Gasteiger partial charge >= 0.3 is 0 Å². The van der Waals surface area contributed by atoms with E-state index in [1.54, 1.807) is 20.8 Å². The third-order valence-corrected chi connectivity index (χ3v) is 2.21. The first-order valence-corrected chi connectivity index (χ1v) is 5.34. The molecule has 0 fully saturated rings. The average molecular weight is 242 g/mol. The van der Waals surface area contributed by atoms with E-state index in [9.17, 15) is 13.6 Å². The predicted octanol–water partition coefficient (Wildman–Crippen LogP) is 3.27. The maximum Gasteiger partial charge on any atom is 0.191 e. The number of halogens is 2. The second kappa shape index (κ2) is 4.92. The van der Waals surface area contributed by atoms with Crippen LogP contribution in [0.3, 0.4) is 0 Å². The number of benzene rings is 1. The summed E-state index contributed by atoms with van der Waals surface area (Å²) in [6.45, 7) is 6.53. The second-order valence-electron chi connectivity index (χ2n) is 4.88. The van der Waals surface area contributed by atoms with Crippen LogP contribution in [0.2, 0.25) is 0 Å². The van der Waals surface area contributed by atoms with Crippen LogP contribution in [-0.4, -0.2) is 18.0 Å². The van der Waals surface area contributed by atoms with E-state index < -0.39 is 23.0 Å². The molecule has 0 atom stereocenters. The highest BCUT2D eigenvalue weighted by atomic mass is 19.2. The molecule has 0 heterocycles. The first-order chi connectivity index (χ1) is 7.72. The SMILES string of the molecule is Cc1ccc(C(=O)COC(C)(C)C)c(F)c1F. The maximum atomic E-state index is 13.5. The van der Waals surface area contributed by atoms with Gasteiger partial charge < -0.3 is 4.74 Å². The van der Waals surface area contributed by atoms with Crippen LogP contribution in [-0.2, 0) is 4.74 Å². The van der Waals surface area contributed by atoms with E-state index in [1.807, 2.05) is 0 Å². The van der Waals surface area contributed by atoms with E-state index in [2.05, 4.69) is 0 Å². The molecule has 0 bridgehead atoms. The van der Waals surface area contributed by atoms with Gasteiger partial charge in [-0.05, 0) is 39.3 Å². The summed E-state index contributed by atoms with van der Waals surface area (Å²) >= 11 is 0. The Labute approximate surface area is 99.6 Å². The zero-order chi connectivity index (χ0) is 13.2. The number of Topliss-reactive ketones (excluding diaryl/α,β-unsaturated/α-hetero) is 1. The largest absolute Gasteiger partial charge is 0.368 e. The number of ketones is 1. The number of hydrogen-bond acceptors (Lipinski definition) is 2. The van der Waals surface area contributed by atoms with Crippen molar-refractivity contribution in [2.24, 2.45) is 0 Å². The highest BCUT2D eigenvalue weighted by molar-refractivity contribution is 5.97. The lowest BCUT2D eigenvalue weighted by molar-refractivity contribution is 0.00287. The van der Waals surface area contributed by atoms with Crippen LogP contribution in [0, 0.1) is 18.6 Å². The molecule has 0 aliphatic carbocycles. The van der Waals surface area contributed by atoms with Gasteiger partial charge in [-0.2, -0.15) is 0 Å². The van der Waals surface area contributed by atoms with Crippen LogP contribution in [0.1, 0.15) is 36.7 Å². The quantitative estimate of drug-likeness (QED) is 0.760. The van der Waals surface area contributed by atoms with Crippen molar-refractivity contribution < 1.29 is 18.3 Å². The Bertz CT molecular complexity index is 434. The Kier molecular flexibility index (Phi) is 3.98. The molecule has 94 valence electrons. The Hall–Kier alpha value is -1.29. The van der Waals surface area contributed by atoms with Crippen LogP contribution >= 0.6 is 0 Å². The van der Waals surface area contributed by atoms with Crippen molar-refractivity contribution in [1.82, 2.24) is 0 Å². The molecule has 17 heavy (non-hydrogen) atoms. The smallest absolute Gasteiger partial charge is 0.191 e. The molecule has 0 amide bonds. The van der Waals surface area contributed by atoms with Crippen molar-refractivity contribution in [3.8, 4) is 0 Å². The summed E-state index contributed by atoms with van der Waals surface area (Å²) in [7, 11) is 0. The van der Waals surface area contributed by atoms with Gasteiger partial charge in [0, 0.05) is 0 Å². The molecule has 0 aliphatic heterocycles. The van der Waals surface area contributed by atoms with Gasteiger partial charge in [0.1, 0.15) is 6.61 Å². The van der Waals surface area contributed by atoms with Crippen LogP contribution in [0.25, 0.3) is 0 Å². The number of carbonyl (C=O) groups is 1. The molecule has 0 spiro atoms. The van der Waals surface area contributed by atoms with E-state index in [-0.39, 0.29) is 17.7 Å². The van der Waals surface area contributed by atoms with Gasteiger partial charge in [0.05, 0.1) is 11.2 Å². The first-order valence-electron chi connectivity index (χ1n) is 5.34. The fourth-order valence-electron chi connectivity index (χ4n) is 1.22. The Morgan fingerprint density at radius 3 is 2.35 bits per heavy atom. The fourth-order valence-corrected chi connectivity index (χ4v) is 1.22. The minimum absolute atomic E-state index is 0.177. The van der Waals surface area contributed by atoms with Crippen molar-refractivity contribution in [3.63, 3.8) is 0 Å². The molecule has 0 aliphatic rings. The molecule has 1 rings (SSSR count). The van der Waals surface area contributed by atoms with Gasteiger partial charge in [0.25, 0.3) is 0 Å². The third kappa shape index (κ3) is 3.60. The molecule has 0 radical (unpaired) electrons. The van der Waals surface area contributed by atoms with E-state index in [0.717, 1.165) is 0 Å². The van der Waals surface area contributed by atoms with E-state index in [0.29, 0.717) is 0 Å². The van der Waals surface area contributed by atoms with Gasteiger partial charge in [-0.15, -0.1) is 0 Å². The molecule has 1 aromatic rings. The van der Waals surface area contributed by atoms with Crippen LogP contribution in [0.5, 0.6) is 0 Å². The monoisotopic (exact) mass is 242 g/mol. The lowest BCUT2D eigenvalue weighted by Gasteiger charge is -2.18. The molecule has 0 N–H and O–H groups in total. The van der Waals surface area contributed by atoms with Crippen molar-refractivity contribution >= 4 is 5.78 Å². The Balaban J connectivity index is 2.87. The van der Waals surface area contributed by atoms with Crippen LogP contribution in [0.15, 0.2) is 12.1 Å². The van der Waals surface area contributed by atoms with Gasteiger partial charge in [-0.25, -0.2) is 8.78 Å². The Morgan fingerprint density at radius 1 is 1.24 bits per heavy atom. The maximum absolute atomic E-state index is 13.5. The molecule has 4 heteroatoms. The predicted molar refractivity (Wildman–Crippen MR) is 61.1 cm³/mol. The molecule has 0 aromatic heterocycles. The molecular weight excluding hydrogens is 226 g/mol. The molecule has 0 saturated heterocycles. The molecule has 0 unspecified atom stereocenters. The van der Waals surface area contributed by atoms with Crippen LogP contribution < -0.4 is 0 Å². The zero-order valence-electron chi connectivity index (χ0n) is 10.4. The number of carbonyl (C=O) groups excluding carboxylic acids is 1. The topological polar surface area (TPSA) is 26.3 Å². The number of aryl methyl sites for hydroxylation is 1. The summed E-state index contributed by atoms with van der Waals surface area (Å²) in [5.74, 6) is -2.64. The average Bonchev–Trinajstić information content (AvgIpc) is 2.22. The fraction of sp³-hybridized carbons (Fsp3) is 0.462. The van der Waals surface area contributed by atoms with E-state index in [1.165, 1.54) is 19.1 Å². The molecule has 2 nitrogen and oxygen atoms in total. The minimum atomic E-state index is -1.10. The van der Waals surface area contributed by atoms with Gasteiger partial charge in [0.15, 0.2) is 17.4 Å². The van der Waals surface area contributed by atoms with E-state index in [4.69, 9.17) is 4.74 Å². The number of rotatable bonds is 3. The highest BCUT2D eigenvalue weighted by Gasteiger charge is 2.19. The zero-order valence-corrected chi connectivity index (χ0v) is 10.4. The summed E-state index contributed by atoms with van der Waals surface area (Å²) in [4.78, 5) is 11.6. The molecule has 1 aromatic carbocycles. The van der Waals surface area contributed by atoms with Gasteiger partial charge in [-0.1, -0.05) is 6.07 Å².